The van der Waals surface area contributed by atoms with Crippen LogP contribution in [-0.2, 0) is 15.0 Å². The van der Waals surface area contributed by atoms with Crippen molar-refractivity contribution in [3.63, 3.8) is 0 Å². The summed E-state index contributed by atoms with van der Waals surface area (Å²) in [6.07, 6.45) is -9.62. The van der Waals surface area contributed by atoms with E-state index >= 15 is 0 Å². The molecular formula is C4H6F6N2O3S. The Morgan fingerprint density at radius 3 is 1.88 bits per heavy atom. The highest BCUT2D eigenvalue weighted by atomic mass is 32.2. The van der Waals surface area contributed by atoms with Crippen molar-refractivity contribution in [1.29, 1.82) is 0 Å². The fraction of sp³-hybridized carbons (Fsp3) is 1.00. The van der Waals surface area contributed by atoms with Gasteiger partial charge in [0.2, 0.25) is 0 Å². The highest BCUT2D eigenvalue weighted by Gasteiger charge is 2.31. The Morgan fingerprint density at radius 2 is 1.50 bits per heavy atom. The van der Waals surface area contributed by atoms with E-state index in [1.807, 2.05) is 0 Å². The van der Waals surface area contributed by atoms with Crippen LogP contribution < -0.4 is 9.61 Å². The van der Waals surface area contributed by atoms with Gasteiger partial charge in [-0.3, -0.25) is 4.84 Å². The van der Waals surface area contributed by atoms with E-state index in [1.165, 1.54) is 0 Å². The molecule has 0 aliphatic heterocycles. The summed E-state index contributed by atoms with van der Waals surface area (Å²) >= 11 is 0. The Morgan fingerprint density at radius 1 is 1.00 bits per heavy atom. The first-order valence-electron chi connectivity index (χ1n) is 3.43. The van der Waals surface area contributed by atoms with Crippen LogP contribution in [0.3, 0.4) is 0 Å². The van der Waals surface area contributed by atoms with Gasteiger partial charge in [-0.1, -0.05) is 4.89 Å². The van der Waals surface area contributed by atoms with Crippen molar-refractivity contribution in [2.24, 2.45) is 0 Å². The van der Waals surface area contributed by atoms with Crippen LogP contribution in [0, 0.1) is 0 Å². The van der Waals surface area contributed by atoms with E-state index < -0.39 is 35.7 Å². The molecule has 0 heterocycles. The normalized spacial score (nSPS) is 14.1. The molecule has 16 heavy (non-hydrogen) atoms. The zero-order valence-corrected chi connectivity index (χ0v) is 8.13. The molecule has 0 spiro atoms. The molecule has 5 nitrogen and oxygen atoms in total. The lowest BCUT2D eigenvalue weighted by molar-refractivity contribution is -0.181. The Kier molecular flexibility index (Phi) is 4.97. The number of nitrogens with one attached hydrogen (secondary N) is 2. The molecule has 0 fully saturated rings. The molecule has 0 aliphatic carbocycles. The molecule has 0 unspecified atom stereocenters. The number of hydrogen-bond donors (Lipinski definition) is 2. The smallest absolute Gasteiger partial charge is 0.276 e. The molecule has 98 valence electrons. The third-order valence-electron chi connectivity index (χ3n) is 0.867. The molecular weight excluding hydrogens is 270 g/mol. The summed E-state index contributed by atoms with van der Waals surface area (Å²) in [6, 6.07) is 0. The minimum Gasteiger partial charge on any atom is -0.276 e. The highest BCUT2D eigenvalue weighted by molar-refractivity contribution is 7.87. The Bertz CT molecular complexity index is 309. The van der Waals surface area contributed by atoms with Crippen molar-refractivity contribution < 1.29 is 39.6 Å². The van der Waals surface area contributed by atoms with E-state index in [0.29, 0.717) is 0 Å². The van der Waals surface area contributed by atoms with Crippen molar-refractivity contribution in [3.8, 4) is 0 Å². The molecule has 0 saturated carbocycles. The molecule has 12 heteroatoms. The summed E-state index contributed by atoms with van der Waals surface area (Å²) in [6.45, 7) is -3.88. The van der Waals surface area contributed by atoms with Crippen LogP contribution in [0.15, 0.2) is 0 Å². The third-order valence-corrected chi connectivity index (χ3v) is 1.73. The number of alkyl halides is 6. The SMILES string of the molecule is O=S(=O)(NCC(F)(F)F)NOCC(F)(F)F. The molecule has 2 N–H and O–H groups in total. The van der Waals surface area contributed by atoms with E-state index in [4.69, 9.17) is 0 Å². The van der Waals surface area contributed by atoms with Gasteiger partial charge in [-0.2, -0.15) is 39.5 Å². The van der Waals surface area contributed by atoms with E-state index in [1.54, 1.807) is 0 Å². The number of halogens is 6. The van der Waals surface area contributed by atoms with Gasteiger partial charge in [-0.05, 0) is 0 Å². The summed E-state index contributed by atoms with van der Waals surface area (Å²) in [5, 5.41) is 0. The maximum atomic E-state index is 11.5. The molecule has 0 radical (unpaired) electrons. The van der Waals surface area contributed by atoms with Crippen LogP contribution >= 0.6 is 0 Å². The lowest BCUT2D eigenvalue weighted by atomic mass is 10.7. The second-order valence-electron chi connectivity index (χ2n) is 2.43. The van der Waals surface area contributed by atoms with Gasteiger partial charge in [-0.25, -0.2) is 0 Å². The van der Waals surface area contributed by atoms with E-state index in [2.05, 4.69) is 4.84 Å². The average molecular weight is 276 g/mol. The monoisotopic (exact) mass is 276 g/mol. The first-order valence-corrected chi connectivity index (χ1v) is 4.91. The largest absolute Gasteiger partial charge is 0.413 e. The molecule has 0 bridgehead atoms. The van der Waals surface area contributed by atoms with E-state index in [9.17, 15) is 34.8 Å². The number of hydrogen-bond acceptors (Lipinski definition) is 3. The second-order valence-corrected chi connectivity index (χ2v) is 3.89. The molecule has 0 saturated heterocycles. The summed E-state index contributed by atoms with van der Waals surface area (Å²) in [7, 11) is -4.78. The number of rotatable bonds is 5. The summed E-state index contributed by atoms with van der Waals surface area (Å²) < 4.78 is 90.9. The predicted octanol–water partition coefficient (Wildman–Crippen LogP) is 0.467. The first-order chi connectivity index (χ1) is 6.91. The van der Waals surface area contributed by atoms with Crippen molar-refractivity contribution in [2.75, 3.05) is 13.2 Å². The van der Waals surface area contributed by atoms with Gasteiger partial charge < -0.3 is 0 Å². The topological polar surface area (TPSA) is 67.4 Å². The highest BCUT2D eigenvalue weighted by Crippen LogP contribution is 2.14. The minimum atomic E-state index is -4.82. The Labute approximate surface area is 85.9 Å². The van der Waals surface area contributed by atoms with Gasteiger partial charge >= 0.3 is 12.4 Å². The third kappa shape index (κ3) is 9.95. The minimum absolute atomic E-state index is 0.829. The maximum absolute atomic E-state index is 11.5. The van der Waals surface area contributed by atoms with Crippen LogP contribution in [0.1, 0.15) is 0 Å². The van der Waals surface area contributed by atoms with Crippen LogP contribution in [0.4, 0.5) is 26.3 Å². The van der Waals surface area contributed by atoms with Crippen LogP contribution in [0.25, 0.3) is 0 Å². The summed E-state index contributed by atoms with van der Waals surface area (Å²) in [5.74, 6) is 0. The maximum Gasteiger partial charge on any atom is 0.413 e. The zero-order chi connectivity index (χ0) is 13.0. The summed E-state index contributed by atoms with van der Waals surface area (Å²) in [4.78, 5) is 4.26. The van der Waals surface area contributed by atoms with Gasteiger partial charge in [0.05, 0.1) is 0 Å². The van der Waals surface area contributed by atoms with Crippen molar-refractivity contribution in [2.45, 2.75) is 12.4 Å². The van der Waals surface area contributed by atoms with E-state index in [-0.39, 0.29) is 0 Å². The molecule has 0 atom stereocenters. The predicted molar refractivity (Wildman–Crippen MR) is 38.1 cm³/mol. The Balaban J connectivity index is 3.99. The van der Waals surface area contributed by atoms with Gasteiger partial charge in [0.15, 0.2) is 6.61 Å². The molecule has 0 aliphatic rings. The van der Waals surface area contributed by atoms with Gasteiger partial charge in [0, 0.05) is 0 Å². The first kappa shape index (κ1) is 15.4. The zero-order valence-electron chi connectivity index (χ0n) is 7.31. The Hall–Kier alpha value is -0.590. The van der Waals surface area contributed by atoms with Crippen molar-refractivity contribution in [3.05, 3.63) is 0 Å². The standard InChI is InChI=1S/C4H6F6N2O3S/c5-3(6,7)1-11-16(13,14)12-15-2-4(8,9)10/h11-12H,1-2H2. The van der Waals surface area contributed by atoms with Gasteiger partial charge in [0.25, 0.3) is 10.2 Å². The lowest BCUT2D eigenvalue weighted by Gasteiger charge is -2.11. The molecule has 0 aromatic heterocycles. The molecule has 0 rings (SSSR count). The quantitative estimate of drug-likeness (QED) is 0.566. The molecule has 0 aromatic carbocycles. The van der Waals surface area contributed by atoms with Gasteiger partial charge in [-0.15, -0.1) is 0 Å². The van der Waals surface area contributed by atoms with Crippen molar-refractivity contribution >= 4 is 10.2 Å². The van der Waals surface area contributed by atoms with E-state index in [0.717, 1.165) is 9.61 Å². The second kappa shape index (κ2) is 5.16. The molecule has 0 amide bonds. The van der Waals surface area contributed by atoms with Crippen molar-refractivity contribution in [1.82, 2.24) is 9.61 Å². The van der Waals surface area contributed by atoms with Crippen LogP contribution in [0.5, 0.6) is 0 Å². The fourth-order valence-electron chi connectivity index (χ4n) is 0.395. The molecule has 0 aromatic rings. The fourth-order valence-corrected chi connectivity index (χ4v) is 1.02. The van der Waals surface area contributed by atoms with Crippen LogP contribution in [-0.4, -0.2) is 33.9 Å². The average Bonchev–Trinajstić information content (AvgIpc) is 1.97. The lowest BCUT2D eigenvalue weighted by Crippen LogP contribution is -2.42. The summed E-state index contributed by atoms with van der Waals surface area (Å²) in [5.41, 5.74) is 0. The van der Waals surface area contributed by atoms with Crippen LogP contribution in [0.2, 0.25) is 0 Å². The van der Waals surface area contributed by atoms with Gasteiger partial charge in [0.1, 0.15) is 6.54 Å².